The summed E-state index contributed by atoms with van der Waals surface area (Å²) in [7, 11) is 4.01. The molecule has 0 unspecified atom stereocenters. The van der Waals surface area contributed by atoms with Crippen LogP contribution in [0.2, 0.25) is 0 Å². The number of aryl methyl sites for hydroxylation is 2. The van der Waals surface area contributed by atoms with E-state index in [1.807, 2.05) is 43.1 Å². The fourth-order valence-electron chi connectivity index (χ4n) is 3.59. The number of pyridine rings is 1. The number of aromatic nitrogens is 3. The first kappa shape index (κ1) is 18.5. The van der Waals surface area contributed by atoms with E-state index in [4.69, 9.17) is 4.98 Å². The van der Waals surface area contributed by atoms with Crippen molar-refractivity contribution in [3.63, 3.8) is 0 Å². The van der Waals surface area contributed by atoms with Crippen molar-refractivity contribution in [2.75, 3.05) is 19.0 Å². The molecule has 0 saturated heterocycles. The van der Waals surface area contributed by atoms with Gasteiger partial charge in [-0.2, -0.15) is 5.10 Å². The Labute approximate surface area is 165 Å². The van der Waals surface area contributed by atoms with Gasteiger partial charge in [0, 0.05) is 43.8 Å². The van der Waals surface area contributed by atoms with Crippen LogP contribution in [0.15, 0.2) is 36.5 Å². The number of anilines is 1. The van der Waals surface area contributed by atoms with Gasteiger partial charge in [0.15, 0.2) is 0 Å². The summed E-state index contributed by atoms with van der Waals surface area (Å²) in [5.74, 6) is 1.03. The maximum absolute atomic E-state index is 13.0. The molecule has 1 fully saturated rings. The van der Waals surface area contributed by atoms with E-state index in [-0.39, 0.29) is 12.5 Å². The van der Waals surface area contributed by atoms with E-state index >= 15 is 0 Å². The van der Waals surface area contributed by atoms with Gasteiger partial charge < -0.3 is 9.80 Å². The largest absolute Gasteiger partial charge is 0.362 e. The van der Waals surface area contributed by atoms with E-state index in [1.54, 1.807) is 4.68 Å². The van der Waals surface area contributed by atoms with Gasteiger partial charge in [-0.3, -0.25) is 9.48 Å². The van der Waals surface area contributed by atoms with E-state index in [2.05, 4.69) is 36.3 Å². The van der Waals surface area contributed by atoms with Crippen molar-refractivity contribution in [3.8, 4) is 0 Å². The SMILES string of the molecule is Cc1ccc2cc(CN(C(=O)Cn3ccc(C)n3)C3CC3)c(N(C)C)nc2c1. The Bertz CT molecular complexity index is 1020. The molecule has 3 aromatic rings. The van der Waals surface area contributed by atoms with Gasteiger partial charge in [0.2, 0.25) is 5.91 Å². The van der Waals surface area contributed by atoms with E-state index < -0.39 is 0 Å². The van der Waals surface area contributed by atoms with E-state index in [0.717, 1.165) is 40.8 Å². The molecule has 1 aliphatic carbocycles. The maximum atomic E-state index is 13.0. The molecule has 2 aromatic heterocycles. The van der Waals surface area contributed by atoms with Gasteiger partial charge in [0.1, 0.15) is 12.4 Å². The Balaban J connectivity index is 1.64. The van der Waals surface area contributed by atoms with Crippen molar-refractivity contribution in [2.45, 2.75) is 45.8 Å². The van der Waals surface area contributed by atoms with Crippen LogP contribution in [0.5, 0.6) is 0 Å². The molecular weight excluding hydrogens is 350 g/mol. The maximum Gasteiger partial charge on any atom is 0.244 e. The van der Waals surface area contributed by atoms with Gasteiger partial charge >= 0.3 is 0 Å². The van der Waals surface area contributed by atoms with Gasteiger partial charge in [-0.05, 0) is 50.5 Å². The second-order valence-corrected chi connectivity index (χ2v) is 7.97. The molecule has 6 nitrogen and oxygen atoms in total. The Morgan fingerprint density at radius 2 is 1.96 bits per heavy atom. The Morgan fingerprint density at radius 3 is 2.61 bits per heavy atom. The first-order valence-electron chi connectivity index (χ1n) is 9.78. The number of hydrogen-bond acceptors (Lipinski definition) is 4. The predicted octanol–water partition coefficient (Wildman–Crippen LogP) is 3.31. The molecule has 1 aromatic carbocycles. The lowest BCUT2D eigenvalue weighted by atomic mass is 10.1. The highest BCUT2D eigenvalue weighted by molar-refractivity contribution is 5.83. The standard InChI is InChI=1S/C22H27N5O/c1-15-5-6-17-12-18(22(25(3)4)23-20(17)11-15)13-27(19-7-8-19)21(28)14-26-10-9-16(2)24-26/h5-6,9-12,19H,7-8,13-14H2,1-4H3. The number of nitrogens with zero attached hydrogens (tertiary/aromatic N) is 5. The molecule has 0 spiro atoms. The van der Waals surface area contributed by atoms with Gasteiger partial charge in [0.25, 0.3) is 0 Å². The third kappa shape index (κ3) is 3.86. The van der Waals surface area contributed by atoms with Crippen LogP contribution in [0.25, 0.3) is 10.9 Å². The zero-order valence-corrected chi connectivity index (χ0v) is 17.0. The predicted molar refractivity (Wildman–Crippen MR) is 111 cm³/mol. The van der Waals surface area contributed by atoms with E-state index in [1.165, 1.54) is 5.56 Å². The van der Waals surface area contributed by atoms with Crippen molar-refractivity contribution in [3.05, 3.63) is 53.3 Å². The quantitative estimate of drug-likeness (QED) is 0.661. The molecule has 28 heavy (non-hydrogen) atoms. The number of benzene rings is 1. The van der Waals surface area contributed by atoms with Crippen LogP contribution in [-0.4, -0.2) is 45.7 Å². The highest BCUT2D eigenvalue weighted by Gasteiger charge is 2.33. The summed E-state index contributed by atoms with van der Waals surface area (Å²) < 4.78 is 1.72. The molecule has 146 valence electrons. The molecule has 1 saturated carbocycles. The minimum absolute atomic E-state index is 0.110. The number of hydrogen-bond donors (Lipinski definition) is 0. The summed E-state index contributed by atoms with van der Waals surface area (Å²) in [6.07, 6.45) is 4.01. The first-order valence-corrected chi connectivity index (χ1v) is 9.78. The summed E-state index contributed by atoms with van der Waals surface area (Å²) in [6.45, 7) is 4.87. The third-order valence-electron chi connectivity index (χ3n) is 5.17. The molecule has 0 bridgehead atoms. The molecule has 1 amide bonds. The zero-order chi connectivity index (χ0) is 19.8. The van der Waals surface area contributed by atoms with Crippen LogP contribution in [0.4, 0.5) is 5.82 Å². The average molecular weight is 377 g/mol. The summed E-state index contributed by atoms with van der Waals surface area (Å²) >= 11 is 0. The summed E-state index contributed by atoms with van der Waals surface area (Å²) in [5.41, 5.74) is 4.19. The minimum atomic E-state index is 0.110. The zero-order valence-electron chi connectivity index (χ0n) is 17.0. The number of fused-ring (bicyclic) bond motifs is 1. The monoisotopic (exact) mass is 377 g/mol. The Kier molecular flexibility index (Phi) is 4.79. The van der Waals surface area contributed by atoms with Gasteiger partial charge in [-0.25, -0.2) is 4.98 Å². The molecule has 0 N–H and O–H groups in total. The van der Waals surface area contributed by atoms with Crippen LogP contribution in [0.3, 0.4) is 0 Å². The van der Waals surface area contributed by atoms with Crippen LogP contribution in [0.1, 0.15) is 29.7 Å². The summed E-state index contributed by atoms with van der Waals surface area (Å²) in [4.78, 5) is 21.9. The second-order valence-electron chi connectivity index (χ2n) is 7.97. The average Bonchev–Trinajstić information content (AvgIpc) is 3.41. The van der Waals surface area contributed by atoms with Crippen LogP contribution < -0.4 is 4.90 Å². The fourth-order valence-corrected chi connectivity index (χ4v) is 3.59. The van der Waals surface area contributed by atoms with Gasteiger partial charge in [0.05, 0.1) is 11.2 Å². The lowest BCUT2D eigenvalue weighted by Crippen LogP contribution is -2.36. The smallest absolute Gasteiger partial charge is 0.244 e. The van der Waals surface area contributed by atoms with Crippen molar-refractivity contribution < 1.29 is 4.79 Å². The third-order valence-corrected chi connectivity index (χ3v) is 5.17. The molecule has 4 rings (SSSR count). The molecule has 0 atom stereocenters. The van der Waals surface area contributed by atoms with E-state index in [0.29, 0.717) is 12.6 Å². The molecule has 6 heteroatoms. The number of rotatable bonds is 6. The molecule has 2 heterocycles. The summed E-state index contributed by atoms with van der Waals surface area (Å²) in [6, 6.07) is 10.7. The van der Waals surface area contributed by atoms with Crippen LogP contribution in [0, 0.1) is 13.8 Å². The minimum Gasteiger partial charge on any atom is -0.362 e. The molecular formula is C22H27N5O. The second kappa shape index (κ2) is 7.26. The normalized spacial score (nSPS) is 13.7. The molecule has 0 radical (unpaired) electrons. The molecule has 1 aliphatic rings. The Hall–Kier alpha value is -2.89. The van der Waals surface area contributed by atoms with Crippen LogP contribution in [-0.2, 0) is 17.9 Å². The van der Waals surface area contributed by atoms with E-state index in [9.17, 15) is 4.79 Å². The highest BCUT2D eigenvalue weighted by Crippen LogP contribution is 2.31. The van der Waals surface area contributed by atoms with Gasteiger partial charge in [-0.15, -0.1) is 0 Å². The lowest BCUT2D eigenvalue weighted by Gasteiger charge is -2.25. The van der Waals surface area contributed by atoms with Gasteiger partial charge in [-0.1, -0.05) is 12.1 Å². The number of carbonyl (C=O) groups excluding carboxylic acids is 1. The van der Waals surface area contributed by atoms with Crippen molar-refractivity contribution >= 4 is 22.6 Å². The number of carbonyl (C=O) groups is 1. The highest BCUT2D eigenvalue weighted by atomic mass is 16.2. The van der Waals surface area contributed by atoms with Crippen molar-refractivity contribution in [2.24, 2.45) is 0 Å². The number of amides is 1. The summed E-state index contributed by atoms with van der Waals surface area (Å²) in [5, 5.41) is 5.47. The van der Waals surface area contributed by atoms with Crippen molar-refractivity contribution in [1.82, 2.24) is 19.7 Å². The first-order chi connectivity index (χ1) is 13.4. The molecule has 0 aliphatic heterocycles. The van der Waals surface area contributed by atoms with Crippen molar-refractivity contribution in [1.29, 1.82) is 0 Å². The lowest BCUT2D eigenvalue weighted by molar-refractivity contribution is -0.133. The fraction of sp³-hybridized carbons (Fsp3) is 0.409. The Morgan fingerprint density at radius 1 is 1.18 bits per heavy atom. The van der Waals surface area contributed by atoms with Crippen LogP contribution >= 0.6 is 0 Å². The topological polar surface area (TPSA) is 54.3 Å².